The van der Waals surface area contributed by atoms with Gasteiger partial charge in [-0.3, -0.25) is 0 Å². The van der Waals surface area contributed by atoms with E-state index in [-0.39, 0.29) is 5.82 Å². The van der Waals surface area contributed by atoms with Crippen molar-refractivity contribution in [2.45, 2.75) is 0 Å². The molecule has 0 amide bonds. The van der Waals surface area contributed by atoms with E-state index in [4.69, 9.17) is 4.74 Å². The summed E-state index contributed by atoms with van der Waals surface area (Å²) in [7, 11) is 1.51. The minimum atomic E-state index is -0.350. The van der Waals surface area contributed by atoms with Gasteiger partial charge in [0, 0.05) is 6.07 Å². The standard InChI is InChI=1S/C17H13FN4O/c1-23-15-9-11(18)7-8-13(15)16-20-14-10-19-22(17(14)21-16)12-5-3-2-4-6-12/h2-10H,1H3,(H,20,21). The number of ether oxygens (including phenoxy) is 1. The molecule has 23 heavy (non-hydrogen) atoms. The van der Waals surface area contributed by atoms with Gasteiger partial charge in [0.15, 0.2) is 5.65 Å². The Morgan fingerprint density at radius 2 is 1.96 bits per heavy atom. The van der Waals surface area contributed by atoms with Gasteiger partial charge in [0.1, 0.15) is 22.9 Å². The first-order valence-corrected chi connectivity index (χ1v) is 7.09. The Morgan fingerprint density at radius 1 is 1.13 bits per heavy atom. The van der Waals surface area contributed by atoms with Gasteiger partial charge in [0.05, 0.1) is 24.6 Å². The van der Waals surface area contributed by atoms with Crippen LogP contribution in [0.1, 0.15) is 0 Å². The zero-order valence-electron chi connectivity index (χ0n) is 12.3. The smallest absolute Gasteiger partial charge is 0.181 e. The molecule has 6 heteroatoms. The van der Waals surface area contributed by atoms with Crippen molar-refractivity contribution < 1.29 is 9.13 Å². The van der Waals surface area contributed by atoms with Gasteiger partial charge in [0.25, 0.3) is 0 Å². The third kappa shape index (κ3) is 2.24. The summed E-state index contributed by atoms with van der Waals surface area (Å²) < 4.78 is 20.4. The molecule has 2 aromatic heterocycles. The number of nitrogens with zero attached hydrogens (tertiary/aromatic N) is 3. The van der Waals surface area contributed by atoms with Gasteiger partial charge in [-0.25, -0.2) is 14.1 Å². The zero-order chi connectivity index (χ0) is 15.8. The van der Waals surface area contributed by atoms with Crippen LogP contribution in [0.3, 0.4) is 0 Å². The van der Waals surface area contributed by atoms with Crippen LogP contribution in [0, 0.1) is 5.82 Å². The van der Waals surface area contributed by atoms with Gasteiger partial charge in [-0.1, -0.05) is 18.2 Å². The van der Waals surface area contributed by atoms with Crippen molar-refractivity contribution in [1.82, 2.24) is 19.7 Å². The molecule has 0 aliphatic rings. The summed E-state index contributed by atoms with van der Waals surface area (Å²) in [6.45, 7) is 0. The van der Waals surface area contributed by atoms with E-state index in [2.05, 4.69) is 15.1 Å². The van der Waals surface area contributed by atoms with E-state index in [1.54, 1.807) is 16.9 Å². The average molecular weight is 308 g/mol. The van der Waals surface area contributed by atoms with Crippen molar-refractivity contribution in [3.05, 3.63) is 60.5 Å². The second kappa shape index (κ2) is 5.24. The maximum atomic E-state index is 13.4. The van der Waals surface area contributed by atoms with Crippen LogP contribution in [0.15, 0.2) is 54.7 Å². The first-order valence-electron chi connectivity index (χ1n) is 7.09. The molecule has 4 rings (SSSR count). The molecule has 114 valence electrons. The highest BCUT2D eigenvalue weighted by Crippen LogP contribution is 2.30. The lowest BCUT2D eigenvalue weighted by Gasteiger charge is -2.05. The predicted molar refractivity (Wildman–Crippen MR) is 85.2 cm³/mol. The van der Waals surface area contributed by atoms with E-state index in [0.717, 1.165) is 11.2 Å². The van der Waals surface area contributed by atoms with Gasteiger partial charge in [-0.2, -0.15) is 5.10 Å². The van der Waals surface area contributed by atoms with E-state index in [9.17, 15) is 4.39 Å². The largest absolute Gasteiger partial charge is 0.496 e. The first kappa shape index (κ1) is 13.5. The molecule has 0 fully saturated rings. The molecule has 5 nitrogen and oxygen atoms in total. The van der Waals surface area contributed by atoms with Crippen molar-refractivity contribution in [2.24, 2.45) is 0 Å². The van der Waals surface area contributed by atoms with Crippen LogP contribution in [0.5, 0.6) is 5.75 Å². The second-order valence-corrected chi connectivity index (χ2v) is 5.06. The van der Waals surface area contributed by atoms with Crippen LogP contribution < -0.4 is 4.74 Å². The lowest BCUT2D eigenvalue weighted by atomic mass is 10.2. The molecule has 2 aromatic carbocycles. The minimum absolute atomic E-state index is 0.350. The SMILES string of the molecule is COc1cc(F)ccc1-c1nc2c(cnn2-c2ccccc2)[nH]1. The number of halogens is 1. The summed E-state index contributed by atoms with van der Waals surface area (Å²) >= 11 is 0. The van der Waals surface area contributed by atoms with Crippen LogP contribution in [0.4, 0.5) is 4.39 Å². The maximum Gasteiger partial charge on any atom is 0.181 e. The minimum Gasteiger partial charge on any atom is -0.496 e. The van der Waals surface area contributed by atoms with Crippen LogP contribution in [0.2, 0.25) is 0 Å². The van der Waals surface area contributed by atoms with Crippen LogP contribution in [0.25, 0.3) is 28.2 Å². The Labute approximate surface area is 131 Å². The first-order chi connectivity index (χ1) is 11.3. The molecule has 0 bridgehead atoms. The van der Waals surface area contributed by atoms with Crippen molar-refractivity contribution in [3.63, 3.8) is 0 Å². The summed E-state index contributed by atoms with van der Waals surface area (Å²) in [5, 5.41) is 4.35. The topological polar surface area (TPSA) is 55.7 Å². The number of benzene rings is 2. The summed E-state index contributed by atoms with van der Waals surface area (Å²) in [6.07, 6.45) is 1.72. The van der Waals surface area contributed by atoms with E-state index in [1.807, 2.05) is 30.3 Å². The Hall–Kier alpha value is -3.15. The molecule has 0 saturated carbocycles. The lowest BCUT2D eigenvalue weighted by Crippen LogP contribution is -1.96. The lowest BCUT2D eigenvalue weighted by molar-refractivity contribution is 0.412. The zero-order valence-corrected chi connectivity index (χ0v) is 12.3. The Balaban J connectivity index is 1.86. The summed E-state index contributed by atoms with van der Waals surface area (Å²) in [5.74, 6) is 0.691. The van der Waals surface area contributed by atoms with Gasteiger partial charge < -0.3 is 9.72 Å². The molecule has 0 aliphatic carbocycles. The summed E-state index contributed by atoms with van der Waals surface area (Å²) in [5.41, 5.74) is 3.13. The number of fused-ring (bicyclic) bond motifs is 1. The van der Waals surface area contributed by atoms with Crippen molar-refractivity contribution in [1.29, 1.82) is 0 Å². The third-order valence-electron chi connectivity index (χ3n) is 3.63. The number of para-hydroxylation sites is 1. The summed E-state index contributed by atoms with van der Waals surface area (Å²) in [6, 6.07) is 14.1. The number of aromatic amines is 1. The number of aromatic nitrogens is 4. The number of methoxy groups -OCH3 is 1. The Kier molecular flexibility index (Phi) is 3.08. The average Bonchev–Trinajstić information content (AvgIpc) is 3.15. The molecule has 0 aliphatic heterocycles. The van der Waals surface area contributed by atoms with Crippen LogP contribution in [-0.2, 0) is 0 Å². The van der Waals surface area contributed by atoms with Crippen LogP contribution >= 0.6 is 0 Å². The fourth-order valence-electron chi connectivity index (χ4n) is 2.55. The number of imidazole rings is 1. The molecule has 0 atom stereocenters. The number of hydrogen-bond donors (Lipinski definition) is 1. The molecule has 2 heterocycles. The van der Waals surface area contributed by atoms with Crippen LogP contribution in [-0.4, -0.2) is 26.9 Å². The molecule has 0 saturated heterocycles. The normalized spacial score (nSPS) is 11.0. The monoisotopic (exact) mass is 308 g/mol. The highest BCUT2D eigenvalue weighted by atomic mass is 19.1. The molecule has 0 radical (unpaired) electrons. The van der Waals surface area contributed by atoms with Gasteiger partial charge in [0.2, 0.25) is 0 Å². The second-order valence-electron chi connectivity index (χ2n) is 5.06. The highest BCUT2D eigenvalue weighted by Gasteiger charge is 2.15. The maximum absolute atomic E-state index is 13.4. The molecular formula is C17H13FN4O. The van der Waals surface area contributed by atoms with E-state index in [1.165, 1.54) is 19.2 Å². The number of hydrogen-bond acceptors (Lipinski definition) is 3. The predicted octanol–water partition coefficient (Wildman–Crippen LogP) is 3.56. The third-order valence-corrected chi connectivity index (χ3v) is 3.63. The van der Waals surface area contributed by atoms with Gasteiger partial charge >= 0.3 is 0 Å². The molecule has 4 aromatic rings. The van der Waals surface area contributed by atoms with E-state index >= 15 is 0 Å². The van der Waals surface area contributed by atoms with Crippen molar-refractivity contribution >= 4 is 11.2 Å². The Morgan fingerprint density at radius 3 is 2.74 bits per heavy atom. The van der Waals surface area contributed by atoms with Gasteiger partial charge in [-0.05, 0) is 24.3 Å². The van der Waals surface area contributed by atoms with E-state index < -0.39 is 0 Å². The van der Waals surface area contributed by atoms with Gasteiger partial charge in [-0.15, -0.1) is 0 Å². The Bertz CT molecular complexity index is 975. The highest BCUT2D eigenvalue weighted by molar-refractivity contribution is 5.79. The number of nitrogens with one attached hydrogen (secondary N) is 1. The molecule has 1 N–H and O–H groups in total. The van der Waals surface area contributed by atoms with E-state index in [0.29, 0.717) is 22.8 Å². The summed E-state index contributed by atoms with van der Waals surface area (Å²) in [4.78, 5) is 7.80. The van der Waals surface area contributed by atoms with Crippen molar-refractivity contribution in [2.75, 3.05) is 7.11 Å². The molecular weight excluding hydrogens is 295 g/mol. The quantitative estimate of drug-likeness (QED) is 0.629. The molecule has 0 unspecified atom stereocenters. The fourth-order valence-corrected chi connectivity index (χ4v) is 2.55. The molecule has 0 spiro atoms. The number of H-pyrrole nitrogens is 1. The fraction of sp³-hybridized carbons (Fsp3) is 0.0588. The van der Waals surface area contributed by atoms with Crippen molar-refractivity contribution in [3.8, 4) is 22.8 Å². The number of rotatable bonds is 3.